The SMILES string of the molecule is CCNC(=O)c1cc(S(=O)(=O)NCC(C)c2ccccc2)ccc1OC. The third-order valence-corrected chi connectivity index (χ3v) is 5.43. The van der Waals surface area contributed by atoms with Gasteiger partial charge in [0.2, 0.25) is 10.0 Å². The van der Waals surface area contributed by atoms with Gasteiger partial charge in [-0.15, -0.1) is 0 Å². The molecule has 0 aromatic heterocycles. The second-order valence-electron chi connectivity index (χ2n) is 5.89. The van der Waals surface area contributed by atoms with E-state index in [1.165, 1.54) is 25.3 Å². The third kappa shape index (κ3) is 4.83. The molecule has 0 bridgehead atoms. The van der Waals surface area contributed by atoms with Gasteiger partial charge < -0.3 is 10.1 Å². The molecule has 2 aromatic rings. The number of carbonyl (C=O) groups excluding carboxylic acids is 1. The van der Waals surface area contributed by atoms with Crippen LogP contribution in [0.15, 0.2) is 53.4 Å². The van der Waals surface area contributed by atoms with Gasteiger partial charge in [0.15, 0.2) is 0 Å². The van der Waals surface area contributed by atoms with E-state index in [1.54, 1.807) is 6.92 Å². The van der Waals surface area contributed by atoms with Crippen molar-refractivity contribution in [2.75, 3.05) is 20.2 Å². The molecule has 1 unspecified atom stereocenters. The molecule has 0 saturated heterocycles. The Morgan fingerprint density at radius 3 is 2.46 bits per heavy atom. The van der Waals surface area contributed by atoms with Crippen LogP contribution < -0.4 is 14.8 Å². The molecule has 1 amide bonds. The van der Waals surface area contributed by atoms with Gasteiger partial charge in [0.25, 0.3) is 5.91 Å². The minimum Gasteiger partial charge on any atom is -0.496 e. The van der Waals surface area contributed by atoms with Crippen LogP contribution >= 0.6 is 0 Å². The molecule has 26 heavy (non-hydrogen) atoms. The fourth-order valence-electron chi connectivity index (χ4n) is 2.50. The predicted molar refractivity (Wildman–Crippen MR) is 101 cm³/mol. The van der Waals surface area contributed by atoms with Crippen LogP contribution in [-0.4, -0.2) is 34.5 Å². The van der Waals surface area contributed by atoms with Crippen LogP contribution in [0.4, 0.5) is 0 Å². The molecular formula is C19H24N2O4S. The molecule has 7 heteroatoms. The smallest absolute Gasteiger partial charge is 0.255 e. The maximum absolute atomic E-state index is 12.6. The third-order valence-electron chi connectivity index (χ3n) is 4.01. The molecule has 6 nitrogen and oxygen atoms in total. The lowest BCUT2D eigenvalue weighted by atomic mass is 10.0. The summed E-state index contributed by atoms with van der Waals surface area (Å²) in [5.41, 5.74) is 1.24. The average Bonchev–Trinajstić information content (AvgIpc) is 2.66. The molecule has 0 aliphatic rings. The molecule has 2 N–H and O–H groups in total. The largest absolute Gasteiger partial charge is 0.496 e. The number of carbonyl (C=O) groups is 1. The van der Waals surface area contributed by atoms with Crippen molar-refractivity contribution in [1.82, 2.24) is 10.0 Å². The van der Waals surface area contributed by atoms with E-state index in [9.17, 15) is 13.2 Å². The standard InChI is InChI=1S/C19H24N2O4S/c1-4-20-19(22)17-12-16(10-11-18(17)25-3)26(23,24)21-13-14(2)15-8-6-5-7-9-15/h5-12,14,21H,4,13H2,1-3H3,(H,20,22). The molecule has 0 saturated carbocycles. The minimum absolute atomic E-state index is 0.0204. The van der Waals surface area contributed by atoms with E-state index in [-0.39, 0.29) is 28.8 Å². The number of nitrogens with one attached hydrogen (secondary N) is 2. The zero-order valence-corrected chi connectivity index (χ0v) is 16.0. The lowest BCUT2D eigenvalue weighted by Gasteiger charge is -2.15. The Kier molecular flexibility index (Phi) is 6.76. The number of hydrogen-bond donors (Lipinski definition) is 2. The summed E-state index contributed by atoms with van der Waals surface area (Å²) in [5.74, 6) is -0.0290. The molecule has 140 valence electrons. The van der Waals surface area contributed by atoms with Gasteiger partial charge in [-0.2, -0.15) is 0 Å². The summed E-state index contributed by atoms with van der Waals surface area (Å²) in [4.78, 5) is 12.2. The van der Waals surface area contributed by atoms with Crippen molar-refractivity contribution >= 4 is 15.9 Å². The number of rotatable bonds is 8. The fourth-order valence-corrected chi connectivity index (χ4v) is 3.66. The Labute approximate surface area is 154 Å². The Hall–Kier alpha value is -2.38. The number of ether oxygens (including phenoxy) is 1. The van der Waals surface area contributed by atoms with Crippen molar-refractivity contribution in [3.8, 4) is 5.75 Å². The lowest BCUT2D eigenvalue weighted by Crippen LogP contribution is -2.28. The molecule has 2 rings (SSSR count). The first-order valence-corrected chi connectivity index (χ1v) is 9.88. The second kappa shape index (κ2) is 8.82. The predicted octanol–water partition coefficient (Wildman–Crippen LogP) is 2.53. The van der Waals surface area contributed by atoms with Gasteiger partial charge >= 0.3 is 0 Å². The summed E-state index contributed by atoms with van der Waals surface area (Å²) >= 11 is 0. The Balaban J connectivity index is 2.20. The summed E-state index contributed by atoms with van der Waals surface area (Å²) in [6.07, 6.45) is 0. The van der Waals surface area contributed by atoms with E-state index >= 15 is 0 Å². The summed E-state index contributed by atoms with van der Waals surface area (Å²) in [6.45, 7) is 4.43. The summed E-state index contributed by atoms with van der Waals surface area (Å²) in [5, 5.41) is 2.65. The van der Waals surface area contributed by atoms with Crippen LogP contribution in [0.1, 0.15) is 35.7 Å². The van der Waals surface area contributed by atoms with E-state index in [2.05, 4.69) is 10.0 Å². The quantitative estimate of drug-likeness (QED) is 0.741. The van der Waals surface area contributed by atoms with E-state index in [0.717, 1.165) is 5.56 Å². The zero-order valence-electron chi connectivity index (χ0n) is 15.2. The number of hydrogen-bond acceptors (Lipinski definition) is 4. The van der Waals surface area contributed by atoms with Gasteiger partial charge in [-0.1, -0.05) is 37.3 Å². The van der Waals surface area contributed by atoms with Crippen molar-refractivity contribution in [3.05, 3.63) is 59.7 Å². The van der Waals surface area contributed by atoms with Crippen LogP contribution in [0.25, 0.3) is 0 Å². The van der Waals surface area contributed by atoms with Crippen molar-refractivity contribution in [1.29, 1.82) is 0 Å². The van der Waals surface area contributed by atoms with Crippen molar-refractivity contribution in [2.45, 2.75) is 24.7 Å². The first-order valence-electron chi connectivity index (χ1n) is 8.40. The molecule has 1 atom stereocenters. The van der Waals surface area contributed by atoms with Gasteiger partial charge in [0, 0.05) is 13.1 Å². The first kappa shape index (κ1) is 19.9. The minimum atomic E-state index is -3.74. The second-order valence-corrected chi connectivity index (χ2v) is 7.65. The molecule has 0 heterocycles. The van der Waals surface area contributed by atoms with Crippen molar-refractivity contribution in [2.24, 2.45) is 0 Å². The fraction of sp³-hybridized carbons (Fsp3) is 0.316. The van der Waals surface area contributed by atoms with Crippen molar-refractivity contribution < 1.29 is 17.9 Å². The highest BCUT2D eigenvalue weighted by atomic mass is 32.2. The topological polar surface area (TPSA) is 84.5 Å². The van der Waals surface area contributed by atoms with E-state index in [0.29, 0.717) is 12.3 Å². The highest BCUT2D eigenvalue weighted by Gasteiger charge is 2.20. The molecule has 0 radical (unpaired) electrons. The Morgan fingerprint density at radius 1 is 1.15 bits per heavy atom. The first-order chi connectivity index (χ1) is 12.4. The molecule has 2 aromatic carbocycles. The Bertz CT molecular complexity index is 851. The normalized spacial score (nSPS) is 12.4. The summed E-state index contributed by atoms with van der Waals surface area (Å²) in [7, 11) is -2.31. The van der Waals surface area contributed by atoms with Crippen LogP contribution in [0.5, 0.6) is 5.75 Å². The number of methoxy groups -OCH3 is 1. The van der Waals surface area contributed by atoms with E-state index in [1.807, 2.05) is 37.3 Å². The van der Waals surface area contributed by atoms with Crippen LogP contribution in [-0.2, 0) is 10.0 Å². The number of benzene rings is 2. The molecule has 0 fully saturated rings. The van der Waals surface area contributed by atoms with Gasteiger partial charge in [-0.05, 0) is 36.6 Å². The number of sulfonamides is 1. The summed E-state index contributed by atoms with van der Waals surface area (Å²) in [6, 6.07) is 13.9. The van der Waals surface area contributed by atoms with Gasteiger partial charge in [-0.3, -0.25) is 4.79 Å². The molecule has 0 aliphatic carbocycles. The van der Waals surface area contributed by atoms with E-state index in [4.69, 9.17) is 4.74 Å². The summed E-state index contributed by atoms with van der Waals surface area (Å²) < 4.78 is 33.0. The zero-order chi connectivity index (χ0) is 19.2. The highest BCUT2D eigenvalue weighted by Crippen LogP contribution is 2.23. The maximum Gasteiger partial charge on any atom is 0.255 e. The molecule has 0 aliphatic heterocycles. The highest BCUT2D eigenvalue weighted by molar-refractivity contribution is 7.89. The van der Waals surface area contributed by atoms with Crippen LogP contribution in [0.2, 0.25) is 0 Å². The van der Waals surface area contributed by atoms with E-state index < -0.39 is 10.0 Å². The van der Waals surface area contributed by atoms with Gasteiger partial charge in [0.05, 0.1) is 17.6 Å². The molecule has 0 spiro atoms. The monoisotopic (exact) mass is 376 g/mol. The lowest BCUT2D eigenvalue weighted by molar-refractivity contribution is 0.0952. The maximum atomic E-state index is 12.6. The van der Waals surface area contributed by atoms with Crippen molar-refractivity contribution in [3.63, 3.8) is 0 Å². The van der Waals surface area contributed by atoms with Gasteiger partial charge in [-0.25, -0.2) is 13.1 Å². The molecular weight excluding hydrogens is 352 g/mol. The van der Waals surface area contributed by atoms with Gasteiger partial charge in [0.1, 0.15) is 5.75 Å². The van der Waals surface area contributed by atoms with Crippen LogP contribution in [0, 0.1) is 0 Å². The average molecular weight is 376 g/mol. The van der Waals surface area contributed by atoms with Crippen LogP contribution in [0.3, 0.4) is 0 Å². The Morgan fingerprint density at radius 2 is 1.85 bits per heavy atom. The number of amides is 1.